The lowest BCUT2D eigenvalue weighted by Gasteiger charge is -2.02. The number of aromatic nitrogens is 1. The summed E-state index contributed by atoms with van der Waals surface area (Å²) >= 11 is 7.27. The van der Waals surface area contributed by atoms with Gasteiger partial charge in [-0.2, -0.15) is 0 Å². The number of nitrogens with zero attached hydrogens (tertiary/aromatic N) is 1. The first kappa shape index (κ1) is 10.4. The van der Waals surface area contributed by atoms with Crippen LogP contribution in [0.1, 0.15) is 5.76 Å². The van der Waals surface area contributed by atoms with Crippen LogP contribution in [-0.2, 0) is 5.75 Å². The number of nitrogens with two attached hydrogens (primary N) is 1. The van der Waals surface area contributed by atoms with Gasteiger partial charge in [-0.15, -0.1) is 0 Å². The Morgan fingerprint density at radius 3 is 3.07 bits per heavy atom. The summed E-state index contributed by atoms with van der Waals surface area (Å²) in [4.78, 5) is 4.14. The molecule has 0 aliphatic carbocycles. The molecule has 0 radical (unpaired) electrons. The molecule has 3 nitrogen and oxygen atoms in total. The second-order valence-electron chi connectivity index (χ2n) is 2.92. The van der Waals surface area contributed by atoms with Gasteiger partial charge in [-0.1, -0.05) is 23.4 Å². The zero-order valence-electron chi connectivity index (χ0n) is 7.81. The van der Waals surface area contributed by atoms with Gasteiger partial charge in [0.05, 0.1) is 22.7 Å². The molecule has 2 aromatic rings. The molecule has 0 saturated carbocycles. The SMILES string of the molecule is Nc1cc(Cl)cnc1SCc1ccco1. The Morgan fingerprint density at radius 1 is 1.53 bits per heavy atom. The lowest BCUT2D eigenvalue weighted by molar-refractivity contribution is 0.530. The van der Waals surface area contributed by atoms with Gasteiger partial charge in [0.2, 0.25) is 0 Å². The van der Waals surface area contributed by atoms with Crippen molar-refractivity contribution in [1.82, 2.24) is 4.98 Å². The molecular weight excluding hydrogens is 232 g/mol. The number of anilines is 1. The Labute approximate surface area is 96.6 Å². The highest BCUT2D eigenvalue weighted by atomic mass is 35.5. The van der Waals surface area contributed by atoms with Crippen LogP contribution in [-0.4, -0.2) is 4.98 Å². The van der Waals surface area contributed by atoms with Crippen molar-refractivity contribution in [2.24, 2.45) is 0 Å². The van der Waals surface area contributed by atoms with Crippen LogP contribution >= 0.6 is 23.4 Å². The smallest absolute Gasteiger partial charge is 0.119 e. The minimum Gasteiger partial charge on any atom is -0.468 e. The minimum atomic E-state index is 0.551. The lowest BCUT2D eigenvalue weighted by atomic mass is 10.4. The minimum absolute atomic E-state index is 0.551. The predicted octanol–water partition coefficient (Wildman–Crippen LogP) is 3.20. The molecule has 0 bridgehead atoms. The van der Waals surface area contributed by atoms with Gasteiger partial charge in [0.1, 0.15) is 10.8 Å². The van der Waals surface area contributed by atoms with E-state index < -0.39 is 0 Å². The summed E-state index contributed by atoms with van der Waals surface area (Å²) in [5.74, 6) is 1.61. The summed E-state index contributed by atoms with van der Waals surface area (Å²) in [6, 6.07) is 5.46. The molecule has 15 heavy (non-hydrogen) atoms. The molecule has 0 atom stereocenters. The van der Waals surface area contributed by atoms with Crippen molar-refractivity contribution in [3.63, 3.8) is 0 Å². The molecular formula is C10H9ClN2OS. The van der Waals surface area contributed by atoms with Crippen molar-refractivity contribution in [2.75, 3.05) is 5.73 Å². The van der Waals surface area contributed by atoms with Gasteiger partial charge in [0.15, 0.2) is 0 Å². The molecule has 78 valence electrons. The Balaban J connectivity index is 2.05. The summed E-state index contributed by atoms with van der Waals surface area (Å²) in [7, 11) is 0. The molecule has 0 saturated heterocycles. The molecule has 0 aromatic carbocycles. The molecule has 0 fully saturated rings. The summed E-state index contributed by atoms with van der Waals surface area (Å²) in [5.41, 5.74) is 6.36. The van der Waals surface area contributed by atoms with Crippen LogP contribution in [0.3, 0.4) is 0 Å². The number of furan rings is 1. The first-order valence-electron chi connectivity index (χ1n) is 4.32. The van der Waals surface area contributed by atoms with Crippen LogP contribution in [0.15, 0.2) is 40.1 Å². The third kappa shape index (κ3) is 2.67. The first-order chi connectivity index (χ1) is 7.25. The van der Waals surface area contributed by atoms with Crippen molar-refractivity contribution >= 4 is 29.1 Å². The van der Waals surface area contributed by atoms with Gasteiger partial charge in [0.25, 0.3) is 0 Å². The fourth-order valence-corrected chi connectivity index (χ4v) is 2.06. The van der Waals surface area contributed by atoms with E-state index >= 15 is 0 Å². The van der Waals surface area contributed by atoms with E-state index in [0.717, 1.165) is 10.8 Å². The third-order valence-corrected chi connectivity index (χ3v) is 3.03. The molecule has 0 aliphatic heterocycles. The third-order valence-electron chi connectivity index (χ3n) is 1.78. The molecule has 0 amide bonds. The molecule has 2 N–H and O–H groups in total. The largest absolute Gasteiger partial charge is 0.468 e. The number of thioether (sulfide) groups is 1. The highest BCUT2D eigenvalue weighted by Gasteiger charge is 2.04. The van der Waals surface area contributed by atoms with E-state index in [-0.39, 0.29) is 0 Å². The average Bonchev–Trinajstić information content (AvgIpc) is 2.69. The highest BCUT2D eigenvalue weighted by molar-refractivity contribution is 7.98. The second kappa shape index (κ2) is 4.59. The Kier molecular flexibility index (Phi) is 3.18. The van der Waals surface area contributed by atoms with Gasteiger partial charge in [0, 0.05) is 6.20 Å². The quantitative estimate of drug-likeness (QED) is 0.837. The van der Waals surface area contributed by atoms with Gasteiger partial charge in [-0.25, -0.2) is 4.98 Å². The topological polar surface area (TPSA) is 52.0 Å². The molecule has 0 spiro atoms. The van der Waals surface area contributed by atoms with E-state index in [1.165, 1.54) is 11.8 Å². The maximum absolute atomic E-state index is 5.76. The highest BCUT2D eigenvalue weighted by Crippen LogP contribution is 2.27. The van der Waals surface area contributed by atoms with Gasteiger partial charge < -0.3 is 10.2 Å². The Morgan fingerprint density at radius 2 is 2.40 bits per heavy atom. The molecule has 0 unspecified atom stereocenters. The van der Waals surface area contributed by atoms with Gasteiger partial charge >= 0.3 is 0 Å². The zero-order chi connectivity index (χ0) is 10.7. The summed E-state index contributed by atoms with van der Waals surface area (Å²) in [6.45, 7) is 0. The monoisotopic (exact) mass is 240 g/mol. The van der Waals surface area contributed by atoms with Crippen molar-refractivity contribution < 1.29 is 4.42 Å². The Bertz CT molecular complexity index is 445. The van der Waals surface area contributed by atoms with E-state index in [0.29, 0.717) is 16.5 Å². The molecule has 2 aromatic heterocycles. The second-order valence-corrected chi connectivity index (χ2v) is 4.32. The maximum atomic E-state index is 5.76. The summed E-state index contributed by atoms with van der Waals surface area (Å²) in [5, 5.41) is 1.32. The van der Waals surface area contributed by atoms with Crippen LogP contribution in [0.5, 0.6) is 0 Å². The number of hydrogen-bond donors (Lipinski definition) is 1. The van der Waals surface area contributed by atoms with Gasteiger partial charge in [-0.05, 0) is 18.2 Å². The van der Waals surface area contributed by atoms with Crippen molar-refractivity contribution in [3.8, 4) is 0 Å². The molecule has 0 aliphatic rings. The molecule has 5 heteroatoms. The average molecular weight is 241 g/mol. The van der Waals surface area contributed by atoms with E-state index in [1.54, 1.807) is 18.5 Å². The van der Waals surface area contributed by atoms with Crippen molar-refractivity contribution in [3.05, 3.63) is 41.4 Å². The normalized spacial score (nSPS) is 10.5. The fourth-order valence-electron chi connectivity index (χ4n) is 1.10. The lowest BCUT2D eigenvalue weighted by Crippen LogP contribution is -1.91. The Hall–Kier alpha value is -1.13. The summed E-state index contributed by atoms with van der Waals surface area (Å²) < 4.78 is 5.20. The number of halogens is 1. The van der Waals surface area contributed by atoms with E-state index in [2.05, 4.69) is 4.98 Å². The van der Waals surface area contributed by atoms with Crippen LogP contribution in [0, 0.1) is 0 Å². The van der Waals surface area contributed by atoms with Crippen molar-refractivity contribution in [1.29, 1.82) is 0 Å². The number of pyridine rings is 1. The van der Waals surface area contributed by atoms with E-state index in [9.17, 15) is 0 Å². The van der Waals surface area contributed by atoms with Crippen LogP contribution in [0.2, 0.25) is 5.02 Å². The number of hydrogen-bond acceptors (Lipinski definition) is 4. The standard InChI is InChI=1S/C10H9ClN2OS/c11-7-4-9(12)10(13-5-7)15-6-8-2-1-3-14-8/h1-5H,6,12H2. The molecule has 2 heterocycles. The number of rotatable bonds is 3. The first-order valence-corrected chi connectivity index (χ1v) is 5.68. The van der Waals surface area contributed by atoms with Crippen LogP contribution in [0.4, 0.5) is 5.69 Å². The van der Waals surface area contributed by atoms with Crippen molar-refractivity contribution in [2.45, 2.75) is 10.8 Å². The fraction of sp³-hybridized carbons (Fsp3) is 0.100. The predicted molar refractivity (Wildman–Crippen MR) is 61.9 cm³/mol. The zero-order valence-corrected chi connectivity index (χ0v) is 9.39. The van der Waals surface area contributed by atoms with Crippen LogP contribution < -0.4 is 5.73 Å². The van der Waals surface area contributed by atoms with E-state index in [1.807, 2.05) is 12.1 Å². The van der Waals surface area contributed by atoms with E-state index in [4.69, 9.17) is 21.8 Å². The van der Waals surface area contributed by atoms with Crippen LogP contribution in [0.25, 0.3) is 0 Å². The molecule has 2 rings (SSSR count). The number of nitrogen functional groups attached to an aromatic ring is 1. The maximum Gasteiger partial charge on any atom is 0.119 e. The summed E-state index contributed by atoms with van der Waals surface area (Å²) in [6.07, 6.45) is 3.23. The van der Waals surface area contributed by atoms with Gasteiger partial charge in [-0.3, -0.25) is 0 Å².